The van der Waals surface area contributed by atoms with E-state index in [0.29, 0.717) is 5.92 Å². The molecule has 0 saturated heterocycles. The van der Waals surface area contributed by atoms with Crippen LogP contribution in [0, 0.1) is 5.41 Å². The molecule has 0 amide bonds. The Kier molecular flexibility index (Phi) is 9.22. The van der Waals surface area contributed by atoms with E-state index >= 15 is 0 Å². The molecule has 0 heterocycles. The minimum Gasteiger partial charge on any atom is -0.404 e. The van der Waals surface area contributed by atoms with Gasteiger partial charge in [0.05, 0.1) is 0 Å². The Labute approximate surface area is 263 Å². The minimum atomic E-state index is -0.0453. The van der Waals surface area contributed by atoms with Crippen LogP contribution in [0.4, 0.5) is 0 Å². The molecule has 3 aromatic rings. The molecule has 3 aliphatic carbocycles. The summed E-state index contributed by atoms with van der Waals surface area (Å²) in [5.74, 6) is 0.324. The molecule has 1 heteroatoms. The maximum atomic E-state index is 5.92. The van der Waals surface area contributed by atoms with Crippen molar-refractivity contribution >= 4 is 18.4 Å². The lowest BCUT2D eigenvalue weighted by Gasteiger charge is -2.36. The van der Waals surface area contributed by atoms with Crippen LogP contribution in [0.15, 0.2) is 140 Å². The third-order valence-corrected chi connectivity index (χ3v) is 9.48. The van der Waals surface area contributed by atoms with E-state index in [-0.39, 0.29) is 5.41 Å². The molecule has 1 nitrogen and oxygen atoms in total. The van der Waals surface area contributed by atoms with Crippen LogP contribution in [-0.4, -0.2) is 0 Å². The zero-order valence-corrected chi connectivity index (χ0v) is 25.7. The van der Waals surface area contributed by atoms with Crippen LogP contribution in [0.2, 0.25) is 0 Å². The summed E-state index contributed by atoms with van der Waals surface area (Å²) >= 11 is 0. The fourth-order valence-electron chi connectivity index (χ4n) is 7.06. The van der Waals surface area contributed by atoms with Crippen LogP contribution >= 0.6 is 0 Å². The van der Waals surface area contributed by atoms with Gasteiger partial charge in [-0.2, -0.15) is 0 Å². The molecule has 0 aromatic heterocycles. The Morgan fingerprint density at radius 2 is 1.70 bits per heavy atom. The van der Waals surface area contributed by atoms with Crippen LogP contribution < -0.4 is 16.2 Å². The first-order valence-corrected chi connectivity index (χ1v) is 16.1. The highest BCUT2D eigenvalue weighted by Gasteiger charge is 2.37. The molecule has 1 unspecified atom stereocenters. The van der Waals surface area contributed by atoms with Crippen LogP contribution in [-0.2, 0) is 12.8 Å². The number of benzene rings is 3. The van der Waals surface area contributed by atoms with Gasteiger partial charge in [-0.15, -0.1) is 0 Å². The van der Waals surface area contributed by atoms with Crippen molar-refractivity contribution in [1.82, 2.24) is 0 Å². The number of nitrogens with two attached hydrogens (primary N) is 1. The van der Waals surface area contributed by atoms with Gasteiger partial charge in [-0.05, 0) is 94.3 Å². The van der Waals surface area contributed by atoms with Crippen molar-refractivity contribution in [3.8, 4) is 11.1 Å². The second-order valence-electron chi connectivity index (χ2n) is 12.2. The average molecular weight is 574 g/mol. The SMILES string of the molecule is C=C/C=C\CCC1(C2C/C=C(C/C=c3/cccc/c3=C/N)\C=C/Cc3ccc(-c4ccc5c(c4)CCC=C5)cc32)C=CC=C1. The molecule has 0 aliphatic heterocycles. The zero-order chi connectivity index (χ0) is 30.2. The van der Waals surface area contributed by atoms with Crippen molar-refractivity contribution in [3.63, 3.8) is 0 Å². The number of allylic oxidation sites excluding steroid dienone is 12. The van der Waals surface area contributed by atoms with E-state index in [1.165, 1.54) is 44.2 Å². The first kappa shape index (κ1) is 29.5. The third kappa shape index (κ3) is 6.48. The molecule has 0 radical (unpaired) electrons. The Hall–Kier alpha value is -4.62. The van der Waals surface area contributed by atoms with E-state index in [9.17, 15) is 0 Å². The van der Waals surface area contributed by atoms with Gasteiger partial charge in [-0.25, -0.2) is 0 Å². The van der Waals surface area contributed by atoms with Gasteiger partial charge in [-0.3, -0.25) is 0 Å². The largest absolute Gasteiger partial charge is 0.404 e. The molecule has 0 spiro atoms. The summed E-state index contributed by atoms with van der Waals surface area (Å²) in [5.41, 5.74) is 15.6. The number of hydrogen-bond acceptors (Lipinski definition) is 1. The second kappa shape index (κ2) is 13.8. The molecule has 0 fully saturated rings. The molecule has 1 atom stereocenters. The van der Waals surface area contributed by atoms with Crippen LogP contribution in [0.25, 0.3) is 29.5 Å². The lowest BCUT2D eigenvalue weighted by Crippen LogP contribution is -2.25. The summed E-state index contributed by atoms with van der Waals surface area (Å²) in [6.07, 6.45) is 38.5. The third-order valence-electron chi connectivity index (χ3n) is 9.48. The normalized spacial score (nSPS) is 21.3. The number of aryl methyl sites for hydroxylation is 1. The van der Waals surface area contributed by atoms with Gasteiger partial charge in [0.2, 0.25) is 0 Å². The number of hydrogen-bond donors (Lipinski definition) is 1. The van der Waals surface area contributed by atoms with Crippen molar-refractivity contribution in [3.05, 3.63) is 172 Å². The topological polar surface area (TPSA) is 26.0 Å². The highest BCUT2D eigenvalue weighted by molar-refractivity contribution is 5.70. The van der Waals surface area contributed by atoms with Gasteiger partial charge in [0.1, 0.15) is 0 Å². The van der Waals surface area contributed by atoms with Gasteiger partial charge in [0.25, 0.3) is 0 Å². The van der Waals surface area contributed by atoms with E-state index < -0.39 is 0 Å². The van der Waals surface area contributed by atoms with E-state index in [1.807, 2.05) is 12.1 Å². The molecule has 3 aliphatic rings. The summed E-state index contributed by atoms with van der Waals surface area (Å²) in [5, 5.41) is 2.25. The van der Waals surface area contributed by atoms with Crippen molar-refractivity contribution in [2.45, 2.75) is 50.9 Å². The highest BCUT2D eigenvalue weighted by Crippen LogP contribution is 2.49. The smallest absolute Gasteiger partial charge is 0.0142 e. The summed E-state index contributed by atoms with van der Waals surface area (Å²) in [6.45, 7) is 3.88. The van der Waals surface area contributed by atoms with Crippen molar-refractivity contribution in [1.29, 1.82) is 0 Å². The summed E-state index contributed by atoms with van der Waals surface area (Å²) in [7, 11) is 0. The van der Waals surface area contributed by atoms with Gasteiger partial charge >= 0.3 is 0 Å². The summed E-state index contributed by atoms with van der Waals surface area (Å²) in [4.78, 5) is 0. The minimum absolute atomic E-state index is 0.0453. The van der Waals surface area contributed by atoms with Gasteiger partial charge in [-0.1, -0.05) is 146 Å². The molecule has 220 valence electrons. The highest BCUT2D eigenvalue weighted by atomic mass is 14.5. The van der Waals surface area contributed by atoms with Crippen LogP contribution in [0.1, 0.15) is 60.3 Å². The average Bonchev–Trinajstić information content (AvgIpc) is 3.57. The number of rotatable bonds is 8. The van der Waals surface area contributed by atoms with E-state index in [4.69, 9.17) is 5.73 Å². The molecule has 0 bridgehead atoms. The number of fused-ring (bicyclic) bond motifs is 2. The van der Waals surface area contributed by atoms with Crippen LogP contribution in [0.3, 0.4) is 0 Å². The maximum absolute atomic E-state index is 5.92. The molecule has 0 saturated carbocycles. The first-order valence-electron chi connectivity index (χ1n) is 16.1. The lowest BCUT2D eigenvalue weighted by molar-refractivity contribution is 0.364. The van der Waals surface area contributed by atoms with Gasteiger partial charge in [0, 0.05) is 17.5 Å². The fraction of sp³-hybridized carbons (Fsp3) is 0.209. The van der Waals surface area contributed by atoms with Gasteiger partial charge in [0.15, 0.2) is 0 Å². The van der Waals surface area contributed by atoms with Crippen molar-refractivity contribution < 1.29 is 0 Å². The standard InChI is InChI=1S/C43H43N/c1-2-3-4-9-27-43(28-10-11-29-43)42-26-20-33(19-21-35-15-6-8-17-40(35)32-44)13-12-18-36-23-25-39(31-41(36)42)38-24-22-34-14-5-7-16-37(34)30-38/h2-6,8,10-15,17,20-25,28-32,42H,1,7,9,16,18-19,26-27,44H2/b4-3-,13-12-,33-20+,35-21-,40-32-. The van der Waals surface area contributed by atoms with E-state index in [1.54, 1.807) is 6.20 Å². The summed E-state index contributed by atoms with van der Waals surface area (Å²) < 4.78 is 0. The fourth-order valence-corrected chi connectivity index (χ4v) is 7.06. The Bertz CT molecular complexity index is 1810. The van der Waals surface area contributed by atoms with E-state index in [0.717, 1.165) is 50.2 Å². The molecule has 2 N–H and O–H groups in total. The first-order chi connectivity index (χ1) is 21.7. The van der Waals surface area contributed by atoms with Crippen molar-refractivity contribution in [2.24, 2.45) is 11.1 Å². The maximum Gasteiger partial charge on any atom is 0.0142 e. The zero-order valence-electron chi connectivity index (χ0n) is 25.7. The lowest BCUT2D eigenvalue weighted by atomic mass is 9.67. The predicted octanol–water partition coefficient (Wildman–Crippen LogP) is 9.03. The van der Waals surface area contributed by atoms with Crippen LogP contribution in [0.5, 0.6) is 0 Å². The molecule has 44 heavy (non-hydrogen) atoms. The summed E-state index contributed by atoms with van der Waals surface area (Å²) in [6, 6.07) is 22.6. The molecule has 3 aromatic carbocycles. The Balaban J connectivity index is 1.42. The monoisotopic (exact) mass is 573 g/mol. The molecular weight excluding hydrogens is 530 g/mol. The molecule has 6 rings (SSSR count). The Morgan fingerprint density at radius 3 is 2.55 bits per heavy atom. The van der Waals surface area contributed by atoms with Gasteiger partial charge < -0.3 is 5.73 Å². The molecular formula is C43H43N. The predicted molar refractivity (Wildman–Crippen MR) is 190 cm³/mol. The van der Waals surface area contributed by atoms with E-state index in [2.05, 4.69) is 134 Å². The Morgan fingerprint density at radius 1 is 0.886 bits per heavy atom. The second-order valence-corrected chi connectivity index (χ2v) is 12.2. The van der Waals surface area contributed by atoms with Crippen molar-refractivity contribution in [2.75, 3.05) is 0 Å². The quantitative estimate of drug-likeness (QED) is 0.267.